The van der Waals surface area contributed by atoms with Crippen LogP contribution in [-0.2, 0) is 22.6 Å². The predicted octanol–water partition coefficient (Wildman–Crippen LogP) is 6.08. The van der Waals surface area contributed by atoms with Crippen molar-refractivity contribution in [2.24, 2.45) is 0 Å². The van der Waals surface area contributed by atoms with E-state index in [-0.39, 0.29) is 24.5 Å². The Balaban J connectivity index is 1.62. The van der Waals surface area contributed by atoms with Gasteiger partial charge in [0.05, 0.1) is 0 Å². The zero-order valence-electron chi connectivity index (χ0n) is 22.9. The van der Waals surface area contributed by atoms with Crippen LogP contribution in [0.1, 0.15) is 59.9 Å². The molecule has 0 aromatic heterocycles. The van der Waals surface area contributed by atoms with E-state index in [0.717, 1.165) is 53.5 Å². The SMILES string of the molecule is Cc1ccc(CN(C(=O)COc2cccc(C)c2C)C(Cc2ccccc2)C(=O)NC2CCCCC2)cc1. The molecule has 1 unspecified atom stereocenters. The Kier molecular flexibility index (Phi) is 9.58. The summed E-state index contributed by atoms with van der Waals surface area (Å²) in [7, 11) is 0. The van der Waals surface area contributed by atoms with E-state index in [2.05, 4.69) is 5.32 Å². The number of nitrogens with one attached hydrogen (secondary N) is 1. The largest absolute Gasteiger partial charge is 0.483 e. The molecule has 38 heavy (non-hydrogen) atoms. The maximum absolute atomic E-state index is 13.8. The third-order valence-electron chi connectivity index (χ3n) is 7.60. The molecule has 2 amide bonds. The van der Waals surface area contributed by atoms with E-state index in [1.165, 1.54) is 6.42 Å². The van der Waals surface area contributed by atoms with Crippen LogP contribution in [-0.4, -0.2) is 35.4 Å². The van der Waals surface area contributed by atoms with Crippen LogP contribution in [0.4, 0.5) is 0 Å². The maximum Gasteiger partial charge on any atom is 0.261 e. The maximum atomic E-state index is 13.8. The second-order valence-corrected chi connectivity index (χ2v) is 10.5. The summed E-state index contributed by atoms with van der Waals surface area (Å²) in [5, 5.41) is 3.29. The van der Waals surface area contributed by atoms with Gasteiger partial charge < -0.3 is 15.0 Å². The van der Waals surface area contributed by atoms with E-state index in [0.29, 0.717) is 18.7 Å². The van der Waals surface area contributed by atoms with Gasteiger partial charge in [0.2, 0.25) is 5.91 Å². The molecule has 0 bridgehead atoms. The van der Waals surface area contributed by atoms with E-state index in [1.807, 2.05) is 93.6 Å². The van der Waals surface area contributed by atoms with Crippen LogP contribution >= 0.6 is 0 Å². The topological polar surface area (TPSA) is 58.6 Å². The van der Waals surface area contributed by atoms with Gasteiger partial charge in [-0.15, -0.1) is 0 Å². The molecule has 3 aromatic rings. The molecule has 4 rings (SSSR count). The van der Waals surface area contributed by atoms with Crippen LogP contribution in [0.2, 0.25) is 0 Å². The fourth-order valence-electron chi connectivity index (χ4n) is 5.09. The van der Waals surface area contributed by atoms with Crippen molar-refractivity contribution in [2.75, 3.05) is 6.61 Å². The molecular weight excluding hydrogens is 472 g/mol. The molecule has 1 fully saturated rings. The van der Waals surface area contributed by atoms with Crippen molar-refractivity contribution in [1.29, 1.82) is 0 Å². The van der Waals surface area contributed by atoms with Gasteiger partial charge in [0.1, 0.15) is 11.8 Å². The lowest BCUT2D eigenvalue weighted by molar-refractivity contribution is -0.143. The highest BCUT2D eigenvalue weighted by Crippen LogP contribution is 2.22. The first-order chi connectivity index (χ1) is 18.4. The van der Waals surface area contributed by atoms with Crippen LogP contribution in [0.3, 0.4) is 0 Å². The molecule has 1 aliphatic rings. The highest BCUT2D eigenvalue weighted by Gasteiger charge is 2.32. The number of hydrogen-bond acceptors (Lipinski definition) is 3. The number of amides is 2. The van der Waals surface area contributed by atoms with Gasteiger partial charge in [-0.25, -0.2) is 0 Å². The van der Waals surface area contributed by atoms with E-state index < -0.39 is 6.04 Å². The highest BCUT2D eigenvalue weighted by atomic mass is 16.5. The van der Waals surface area contributed by atoms with Gasteiger partial charge in [-0.2, -0.15) is 0 Å². The summed E-state index contributed by atoms with van der Waals surface area (Å²) in [5.41, 5.74) is 5.29. The number of benzene rings is 3. The number of carbonyl (C=O) groups is 2. The smallest absolute Gasteiger partial charge is 0.261 e. The van der Waals surface area contributed by atoms with Gasteiger partial charge in [0, 0.05) is 19.0 Å². The van der Waals surface area contributed by atoms with E-state index in [9.17, 15) is 9.59 Å². The van der Waals surface area contributed by atoms with Gasteiger partial charge >= 0.3 is 0 Å². The number of aryl methyl sites for hydroxylation is 2. The lowest BCUT2D eigenvalue weighted by atomic mass is 9.94. The second kappa shape index (κ2) is 13.3. The Morgan fingerprint density at radius 1 is 0.868 bits per heavy atom. The molecule has 1 N–H and O–H groups in total. The Hall–Kier alpha value is -3.60. The van der Waals surface area contributed by atoms with Crippen molar-refractivity contribution in [3.63, 3.8) is 0 Å². The predicted molar refractivity (Wildman–Crippen MR) is 152 cm³/mol. The molecular formula is C33H40N2O3. The van der Waals surface area contributed by atoms with Gasteiger partial charge in [-0.3, -0.25) is 9.59 Å². The third-order valence-corrected chi connectivity index (χ3v) is 7.60. The molecule has 1 saturated carbocycles. The van der Waals surface area contributed by atoms with Crippen molar-refractivity contribution < 1.29 is 14.3 Å². The van der Waals surface area contributed by atoms with Crippen molar-refractivity contribution in [3.05, 3.63) is 101 Å². The normalized spacial score (nSPS) is 14.5. The number of ether oxygens (including phenoxy) is 1. The van der Waals surface area contributed by atoms with Crippen molar-refractivity contribution >= 4 is 11.8 Å². The molecule has 3 aromatic carbocycles. The van der Waals surface area contributed by atoms with Crippen LogP contribution < -0.4 is 10.1 Å². The van der Waals surface area contributed by atoms with Crippen LogP contribution in [0.5, 0.6) is 5.75 Å². The van der Waals surface area contributed by atoms with Crippen LogP contribution in [0.25, 0.3) is 0 Å². The van der Waals surface area contributed by atoms with Gasteiger partial charge in [-0.05, 0) is 61.9 Å². The van der Waals surface area contributed by atoms with Gasteiger partial charge in [-0.1, -0.05) is 91.6 Å². The summed E-state index contributed by atoms with van der Waals surface area (Å²) in [4.78, 5) is 29.4. The summed E-state index contributed by atoms with van der Waals surface area (Å²) in [6.45, 7) is 6.28. The standard InChI is InChI=1S/C33H40N2O3/c1-24-17-19-28(20-18-24)22-35(32(36)23-38-31-16-10-11-25(2)26(31)3)30(21-27-12-6-4-7-13-27)33(37)34-29-14-8-5-9-15-29/h4,6-7,10-13,16-20,29-30H,5,8-9,14-15,21-23H2,1-3H3,(H,34,37). The molecule has 0 aliphatic heterocycles. The van der Waals surface area contributed by atoms with E-state index in [4.69, 9.17) is 4.74 Å². The number of nitrogens with zero attached hydrogens (tertiary/aromatic N) is 1. The quantitative estimate of drug-likeness (QED) is 0.358. The molecule has 1 atom stereocenters. The monoisotopic (exact) mass is 512 g/mol. The summed E-state index contributed by atoms with van der Waals surface area (Å²) in [6.07, 6.45) is 5.90. The van der Waals surface area contributed by atoms with Crippen molar-refractivity contribution in [2.45, 2.75) is 77.9 Å². The highest BCUT2D eigenvalue weighted by molar-refractivity contribution is 5.88. The van der Waals surface area contributed by atoms with E-state index in [1.54, 1.807) is 4.90 Å². The third kappa shape index (κ3) is 7.47. The Labute approximate surface area is 227 Å². The first-order valence-corrected chi connectivity index (χ1v) is 13.8. The average Bonchev–Trinajstić information content (AvgIpc) is 2.93. The lowest BCUT2D eigenvalue weighted by Crippen LogP contribution is -2.53. The Morgan fingerprint density at radius 3 is 2.29 bits per heavy atom. The number of hydrogen-bond donors (Lipinski definition) is 1. The second-order valence-electron chi connectivity index (χ2n) is 10.5. The first-order valence-electron chi connectivity index (χ1n) is 13.8. The molecule has 0 spiro atoms. The minimum Gasteiger partial charge on any atom is -0.483 e. The molecule has 5 heteroatoms. The zero-order valence-corrected chi connectivity index (χ0v) is 22.9. The fourth-order valence-corrected chi connectivity index (χ4v) is 5.09. The fraction of sp³-hybridized carbons (Fsp3) is 0.394. The van der Waals surface area contributed by atoms with E-state index >= 15 is 0 Å². The molecule has 0 saturated heterocycles. The van der Waals surface area contributed by atoms with Gasteiger partial charge in [0.15, 0.2) is 6.61 Å². The molecule has 5 nitrogen and oxygen atoms in total. The average molecular weight is 513 g/mol. The zero-order chi connectivity index (χ0) is 26.9. The minimum atomic E-state index is -0.643. The number of carbonyl (C=O) groups excluding carboxylic acids is 2. The summed E-state index contributed by atoms with van der Waals surface area (Å²) >= 11 is 0. The molecule has 0 radical (unpaired) electrons. The number of rotatable bonds is 10. The Bertz CT molecular complexity index is 1200. The van der Waals surface area contributed by atoms with Crippen LogP contribution in [0.15, 0.2) is 72.8 Å². The Morgan fingerprint density at radius 2 is 1.58 bits per heavy atom. The molecule has 0 heterocycles. The van der Waals surface area contributed by atoms with Crippen molar-refractivity contribution in [1.82, 2.24) is 10.2 Å². The van der Waals surface area contributed by atoms with Crippen molar-refractivity contribution in [3.8, 4) is 5.75 Å². The van der Waals surface area contributed by atoms with Crippen LogP contribution in [0, 0.1) is 20.8 Å². The molecule has 1 aliphatic carbocycles. The lowest BCUT2D eigenvalue weighted by Gasteiger charge is -2.33. The summed E-state index contributed by atoms with van der Waals surface area (Å²) in [5.74, 6) is 0.402. The van der Waals surface area contributed by atoms with Gasteiger partial charge in [0.25, 0.3) is 5.91 Å². The summed E-state index contributed by atoms with van der Waals surface area (Å²) < 4.78 is 6.02. The first kappa shape index (κ1) is 27.4. The molecule has 200 valence electrons. The summed E-state index contributed by atoms with van der Waals surface area (Å²) in [6, 6.07) is 23.4. The minimum absolute atomic E-state index is 0.0899.